The average molecular weight is 478 g/mol. The van der Waals surface area contributed by atoms with Gasteiger partial charge < -0.3 is 10.1 Å². The van der Waals surface area contributed by atoms with E-state index >= 15 is 0 Å². The molecule has 1 atom stereocenters. The first-order valence-electron chi connectivity index (χ1n) is 10.2. The highest BCUT2D eigenvalue weighted by atomic mass is 32.2. The Morgan fingerprint density at radius 3 is 2.38 bits per heavy atom. The molecule has 0 saturated heterocycles. The first-order chi connectivity index (χ1) is 15.0. The van der Waals surface area contributed by atoms with E-state index in [2.05, 4.69) is 5.32 Å². The number of sulfonamides is 1. The summed E-state index contributed by atoms with van der Waals surface area (Å²) in [4.78, 5) is 25.1. The summed E-state index contributed by atoms with van der Waals surface area (Å²) >= 11 is 1.11. The maximum Gasteiger partial charge on any atom is 0.308 e. The molecule has 172 valence electrons. The SMILES string of the molecule is CCOc1ccc(N([C@H](C)C(=O)Nc2ccc3c(c2)sc(=O)n3C(C)C)S(C)(=O)=O)cc1. The Hall–Kier alpha value is -2.85. The minimum Gasteiger partial charge on any atom is -0.494 e. The predicted octanol–water partition coefficient (Wildman–Crippen LogP) is 3.84. The van der Waals surface area contributed by atoms with E-state index in [1.54, 1.807) is 47.0 Å². The van der Waals surface area contributed by atoms with Crippen LogP contribution in [0.1, 0.15) is 33.7 Å². The molecule has 1 N–H and O–H groups in total. The van der Waals surface area contributed by atoms with E-state index in [0.29, 0.717) is 23.7 Å². The molecule has 0 radical (unpaired) electrons. The van der Waals surface area contributed by atoms with E-state index in [9.17, 15) is 18.0 Å². The lowest BCUT2D eigenvalue weighted by Crippen LogP contribution is -2.45. The van der Waals surface area contributed by atoms with Gasteiger partial charge >= 0.3 is 4.87 Å². The summed E-state index contributed by atoms with van der Waals surface area (Å²) in [6, 6.07) is 10.8. The lowest BCUT2D eigenvalue weighted by Gasteiger charge is -2.28. The number of anilines is 2. The van der Waals surface area contributed by atoms with Crippen LogP contribution in [0.2, 0.25) is 0 Å². The molecule has 3 rings (SSSR count). The van der Waals surface area contributed by atoms with Gasteiger partial charge in [-0.05, 0) is 70.2 Å². The number of amides is 1. The Labute approximate surface area is 191 Å². The van der Waals surface area contributed by atoms with Crippen LogP contribution in [0.5, 0.6) is 5.75 Å². The molecule has 0 aliphatic heterocycles. The van der Waals surface area contributed by atoms with E-state index in [1.165, 1.54) is 6.92 Å². The van der Waals surface area contributed by atoms with E-state index in [1.807, 2.05) is 20.8 Å². The molecule has 1 aromatic heterocycles. The largest absolute Gasteiger partial charge is 0.494 e. The van der Waals surface area contributed by atoms with Gasteiger partial charge in [-0.25, -0.2) is 8.42 Å². The summed E-state index contributed by atoms with van der Waals surface area (Å²) in [5.74, 6) is 0.127. The smallest absolute Gasteiger partial charge is 0.308 e. The highest BCUT2D eigenvalue weighted by Crippen LogP contribution is 2.26. The number of aromatic nitrogens is 1. The lowest BCUT2D eigenvalue weighted by molar-refractivity contribution is -0.116. The number of thiazole rings is 1. The van der Waals surface area contributed by atoms with E-state index in [-0.39, 0.29) is 10.9 Å². The van der Waals surface area contributed by atoms with Gasteiger partial charge in [0.15, 0.2) is 0 Å². The van der Waals surface area contributed by atoms with E-state index < -0.39 is 22.0 Å². The maximum atomic E-state index is 13.0. The number of benzene rings is 2. The minimum absolute atomic E-state index is 0.0224. The van der Waals surface area contributed by atoms with Gasteiger partial charge in [0.25, 0.3) is 0 Å². The van der Waals surface area contributed by atoms with E-state index in [4.69, 9.17) is 4.74 Å². The number of hydrogen-bond acceptors (Lipinski definition) is 6. The quantitative estimate of drug-likeness (QED) is 0.532. The number of ether oxygens (including phenoxy) is 1. The van der Waals surface area contributed by atoms with Crippen LogP contribution < -0.4 is 19.2 Å². The second kappa shape index (κ2) is 9.33. The molecule has 3 aromatic rings. The molecular weight excluding hydrogens is 450 g/mol. The number of fused-ring (bicyclic) bond motifs is 1. The van der Waals surface area contributed by atoms with Crippen molar-refractivity contribution in [3.8, 4) is 5.75 Å². The topological polar surface area (TPSA) is 97.7 Å². The van der Waals surface area contributed by atoms with Crippen LogP contribution in [0.4, 0.5) is 11.4 Å². The summed E-state index contributed by atoms with van der Waals surface area (Å²) in [6.07, 6.45) is 1.06. The molecular formula is C22H27N3O5S2. The molecule has 1 heterocycles. The Bertz CT molecular complexity index is 1280. The summed E-state index contributed by atoms with van der Waals surface area (Å²) in [5, 5.41) is 2.77. The van der Waals surface area contributed by atoms with Crippen LogP contribution >= 0.6 is 11.3 Å². The van der Waals surface area contributed by atoms with Crippen molar-refractivity contribution in [2.75, 3.05) is 22.5 Å². The first kappa shape index (κ1) is 23.8. The molecule has 1 amide bonds. The number of nitrogens with one attached hydrogen (secondary N) is 1. The van der Waals surface area contributed by atoms with Crippen molar-refractivity contribution in [2.45, 2.75) is 39.8 Å². The van der Waals surface area contributed by atoms with Crippen molar-refractivity contribution in [3.63, 3.8) is 0 Å². The van der Waals surface area contributed by atoms with Crippen molar-refractivity contribution in [2.24, 2.45) is 0 Å². The highest BCUT2D eigenvalue weighted by Gasteiger charge is 2.29. The van der Waals surface area contributed by atoms with Gasteiger partial charge in [-0.1, -0.05) is 11.3 Å². The zero-order valence-corrected chi connectivity index (χ0v) is 20.3. The number of carbonyl (C=O) groups is 1. The van der Waals surface area contributed by atoms with E-state index in [0.717, 1.165) is 32.1 Å². The zero-order chi connectivity index (χ0) is 23.6. The van der Waals surface area contributed by atoms with Gasteiger partial charge in [0.1, 0.15) is 11.8 Å². The summed E-state index contributed by atoms with van der Waals surface area (Å²) in [7, 11) is -3.74. The molecule has 0 bridgehead atoms. The Morgan fingerprint density at radius 2 is 1.81 bits per heavy atom. The van der Waals surface area contributed by atoms with Gasteiger partial charge in [0.05, 0.1) is 28.8 Å². The van der Waals surface area contributed by atoms with Crippen LogP contribution in [0.15, 0.2) is 47.3 Å². The number of rotatable bonds is 8. The number of nitrogens with zero attached hydrogens (tertiary/aromatic N) is 2. The van der Waals surface area contributed by atoms with Crippen LogP contribution in [0.25, 0.3) is 10.2 Å². The molecule has 0 aliphatic carbocycles. The van der Waals surface area contributed by atoms with Gasteiger partial charge in [-0.2, -0.15) is 0 Å². The molecule has 0 spiro atoms. The van der Waals surface area contributed by atoms with Crippen molar-refractivity contribution in [3.05, 3.63) is 52.1 Å². The maximum absolute atomic E-state index is 13.0. The predicted molar refractivity (Wildman–Crippen MR) is 129 cm³/mol. The number of carbonyl (C=O) groups excluding carboxylic acids is 1. The third-order valence-electron chi connectivity index (χ3n) is 4.89. The molecule has 0 aliphatic rings. The first-order valence-corrected chi connectivity index (χ1v) is 12.9. The Morgan fingerprint density at radius 1 is 1.16 bits per heavy atom. The fourth-order valence-electron chi connectivity index (χ4n) is 3.51. The molecule has 0 saturated carbocycles. The fourth-order valence-corrected chi connectivity index (χ4v) is 5.74. The molecule has 2 aromatic carbocycles. The van der Waals surface area contributed by atoms with Gasteiger partial charge in [-0.3, -0.25) is 18.5 Å². The van der Waals surface area contributed by atoms with Crippen molar-refractivity contribution < 1.29 is 17.9 Å². The van der Waals surface area contributed by atoms with Gasteiger partial charge in [0.2, 0.25) is 15.9 Å². The second-order valence-electron chi connectivity index (χ2n) is 7.67. The van der Waals surface area contributed by atoms with Gasteiger partial charge in [-0.15, -0.1) is 0 Å². The average Bonchev–Trinajstić information content (AvgIpc) is 3.03. The molecule has 8 nitrogen and oxygen atoms in total. The zero-order valence-electron chi connectivity index (χ0n) is 18.7. The third-order valence-corrected chi connectivity index (χ3v) is 7.05. The second-order valence-corrected chi connectivity index (χ2v) is 10.5. The van der Waals surface area contributed by atoms with Crippen LogP contribution in [0.3, 0.4) is 0 Å². The third kappa shape index (κ3) is 4.97. The van der Waals surface area contributed by atoms with Crippen LogP contribution in [0, 0.1) is 0 Å². The van der Waals surface area contributed by atoms with Crippen LogP contribution in [-0.4, -0.2) is 37.8 Å². The summed E-state index contributed by atoms with van der Waals surface area (Å²) < 4.78 is 33.9. The fraction of sp³-hybridized carbons (Fsp3) is 0.364. The lowest BCUT2D eigenvalue weighted by atomic mass is 10.2. The summed E-state index contributed by atoms with van der Waals surface area (Å²) in [5.41, 5.74) is 1.65. The Balaban J connectivity index is 1.87. The molecule has 0 fully saturated rings. The molecule has 10 heteroatoms. The van der Waals surface area contributed by atoms with Crippen LogP contribution in [-0.2, 0) is 14.8 Å². The minimum atomic E-state index is -3.74. The van der Waals surface area contributed by atoms with Crippen molar-refractivity contribution in [1.82, 2.24) is 4.57 Å². The normalized spacial score (nSPS) is 12.7. The molecule has 32 heavy (non-hydrogen) atoms. The summed E-state index contributed by atoms with van der Waals surface area (Å²) in [6.45, 7) is 7.75. The standard InChI is InChI=1S/C22H27N3O5S2/c1-6-30-18-10-8-17(9-11-18)25(32(5,28)29)15(4)21(26)23-16-7-12-19-20(13-16)31-22(27)24(19)14(2)3/h7-15H,6H2,1-5H3,(H,23,26)/t15-/m1/s1. The number of hydrogen-bond donors (Lipinski definition) is 1. The highest BCUT2D eigenvalue weighted by molar-refractivity contribution is 7.92. The van der Waals surface area contributed by atoms with Crippen molar-refractivity contribution >= 4 is 48.9 Å². The monoisotopic (exact) mass is 477 g/mol. The molecule has 0 unspecified atom stereocenters. The Kier molecular flexibility index (Phi) is 6.94. The van der Waals surface area contributed by atoms with Gasteiger partial charge in [0, 0.05) is 11.7 Å². The van der Waals surface area contributed by atoms with Crippen molar-refractivity contribution in [1.29, 1.82) is 0 Å².